The molecule has 0 saturated heterocycles. The van der Waals surface area contributed by atoms with E-state index in [1.54, 1.807) is 0 Å². The third-order valence-corrected chi connectivity index (χ3v) is 3.58. The molecule has 2 aromatic carbocycles. The first-order valence-electron chi connectivity index (χ1n) is 7.01. The van der Waals surface area contributed by atoms with E-state index in [1.165, 1.54) is 5.39 Å². The van der Waals surface area contributed by atoms with Gasteiger partial charge in [-0.1, -0.05) is 30.3 Å². The highest BCUT2D eigenvalue weighted by Crippen LogP contribution is 2.28. The Morgan fingerprint density at radius 2 is 1.76 bits per heavy atom. The topological polar surface area (TPSA) is 48.1 Å². The van der Waals surface area contributed by atoms with Crippen molar-refractivity contribution in [2.75, 3.05) is 0 Å². The standard InChI is InChI=1S/C18H18N2O/c1-12-9-13(2)20-18(17(12)11-19)21-16-8-7-14-5-3-4-6-15(14)10-16/h3-10H,11,19H2,1-2H3. The van der Waals surface area contributed by atoms with Gasteiger partial charge >= 0.3 is 0 Å². The van der Waals surface area contributed by atoms with E-state index in [-0.39, 0.29) is 0 Å². The maximum atomic E-state index is 5.98. The van der Waals surface area contributed by atoms with Gasteiger partial charge in [0.25, 0.3) is 0 Å². The number of nitrogens with zero attached hydrogens (tertiary/aromatic N) is 1. The molecular formula is C18H18N2O. The van der Waals surface area contributed by atoms with Gasteiger partial charge in [0, 0.05) is 17.8 Å². The number of aryl methyl sites for hydroxylation is 2. The minimum atomic E-state index is 0.419. The third-order valence-electron chi connectivity index (χ3n) is 3.58. The molecule has 0 aliphatic carbocycles. The van der Waals surface area contributed by atoms with Crippen molar-refractivity contribution in [2.24, 2.45) is 5.73 Å². The Kier molecular flexibility index (Phi) is 3.59. The number of nitrogens with two attached hydrogens (primary N) is 1. The molecule has 1 heterocycles. The van der Waals surface area contributed by atoms with E-state index in [9.17, 15) is 0 Å². The first-order chi connectivity index (χ1) is 10.2. The molecule has 3 nitrogen and oxygen atoms in total. The van der Waals surface area contributed by atoms with Crippen LogP contribution in [0.5, 0.6) is 11.6 Å². The fourth-order valence-corrected chi connectivity index (χ4v) is 2.50. The largest absolute Gasteiger partial charge is 0.439 e. The molecule has 0 fully saturated rings. The number of rotatable bonds is 3. The van der Waals surface area contributed by atoms with Gasteiger partial charge in [0.15, 0.2) is 0 Å². The number of hydrogen-bond acceptors (Lipinski definition) is 3. The SMILES string of the molecule is Cc1cc(C)c(CN)c(Oc2ccc3ccccc3c2)n1. The van der Waals surface area contributed by atoms with Gasteiger partial charge in [-0.25, -0.2) is 4.98 Å². The Hall–Kier alpha value is -2.39. The maximum absolute atomic E-state index is 5.98. The zero-order chi connectivity index (χ0) is 14.8. The summed E-state index contributed by atoms with van der Waals surface area (Å²) in [6.45, 7) is 4.41. The minimum absolute atomic E-state index is 0.419. The molecular weight excluding hydrogens is 260 g/mol. The number of aromatic nitrogens is 1. The summed E-state index contributed by atoms with van der Waals surface area (Å²) in [5.41, 5.74) is 8.82. The zero-order valence-corrected chi connectivity index (χ0v) is 12.3. The highest BCUT2D eigenvalue weighted by molar-refractivity contribution is 5.83. The van der Waals surface area contributed by atoms with Crippen molar-refractivity contribution < 1.29 is 4.74 Å². The third kappa shape index (κ3) is 2.73. The maximum Gasteiger partial charge on any atom is 0.224 e. The highest BCUT2D eigenvalue weighted by atomic mass is 16.5. The van der Waals surface area contributed by atoms with E-state index in [1.807, 2.05) is 44.2 Å². The molecule has 0 unspecified atom stereocenters. The van der Waals surface area contributed by atoms with Gasteiger partial charge in [0.05, 0.1) is 0 Å². The van der Waals surface area contributed by atoms with E-state index in [0.29, 0.717) is 12.4 Å². The van der Waals surface area contributed by atoms with E-state index >= 15 is 0 Å². The van der Waals surface area contributed by atoms with E-state index in [4.69, 9.17) is 10.5 Å². The summed E-state index contributed by atoms with van der Waals surface area (Å²) >= 11 is 0. The summed E-state index contributed by atoms with van der Waals surface area (Å²) in [5, 5.41) is 2.34. The zero-order valence-electron chi connectivity index (χ0n) is 12.3. The molecule has 0 aliphatic rings. The smallest absolute Gasteiger partial charge is 0.224 e. The van der Waals surface area contributed by atoms with Crippen LogP contribution in [0.25, 0.3) is 10.8 Å². The van der Waals surface area contributed by atoms with Crippen LogP contribution in [-0.4, -0.2) is 4.98 Å². The first kappa shape index (κ1) is 13.6. The second-order valence-electron chi connectivity index (χ2n) is 5.18. The van der Waals surface area contributed by atoms with Crippen LogP contribution in [0.2, 0.25) is 0 Å². The van der Waals surface area contributed by atoms with Gasteiger partial charge in [-0.2, -0.15) is 0 Å². The molecule has 0 radical (unpaired) electrons. The Morgan fingerprint density at radius 1 is 1.00 bits per heavy atom. The van der Waals surface area contributed by atoms with Crippen molar-refractivity contribution in [2.45, 2.75) is 20.4 Å². The molecule has 0 atom stereocenters. The molecule has 0 spiro atoms. The molecule has 3 aromatic rings. The van der Waals surface area contributed by atoms with Crippen molar-refractivity contribution in [3.05, 3.63) is 65.4 Å². The second kappa shape index (κ2) is 5.54. The lowest BCUT2D eigenvalue weighted by atomic mass is 10.1. The predicted octanol–water partition coefficient (Wildman–Crippen LogP) is 4.10. The predicted molar refractivity (Wildman–Crippen MR) is 85.6 cm³/mol. The Labute approximate surface area is 124 Å². The second-order valence-corrected chi connectivity index (χ2v) is 5.18. The van der Waals surface area contributed by atoms with E-state index in [0.717, 1.165) is 28.0 Å². The van der Waals surface area contributed by atoms with Gasteiger partial charge in [-0.05, 0) is 48.4 Å². The average molecular weight is 278 g/mol. The molecule has 0 aliphatic heterocycles. The van der Waals surface area contributed by atoms with Crippen molar-refractivity contribution >= 4 is 10.8 Å². The fraction of sp³-hybridized carbons (Fsp3) is 0.167. The summed E-state index contributed by atoms with van der Waals surface area (Å²) in [5.74, 6) is 1.38. The number of fused-ring (bicyclic) bond motifs is 1. The van der Waals surface area contributed by atoms with Gasteiger partial charge in [-0.3, -0.25) is 0 Å². The average Bonchev–Trinajstić information content (AvgIpc) is 2.47. The van der Waals surface area contributed by atoms with E-state index in [2.05, 4.69) is 23.2 Å². The summed E-state index contributed by atoms with van der Waals surface area (Å²) in [4.78, 5) is 4.48. The van der Waals surface area contributed by atoms with Gasteiger partial charge in [0.1, 0.15) is 5.75 Å². The molecule has 0 amide bonds. The summed E-state index contributed by atoms with van der Waals surface area (Å²) in [6.07, 6.45) is 0. The number of benzene rings is 2. The van der Waals surface area contributed by atoms with Crippen LogP contribution in [-0.2, 0) is 6.54 Å². The van der Waals surface area contributed by atoms with Gasteiger partial charge < -0.3 is 10.5 Å². The molecule has 106 valence electrons. The Bertz CT molecular complexity index is 796. The molecule has 0 saturated carbocycles. The van der Waals surface area contributed by atoms with Crippen molar-refractivity contribution in [1.29, 1.82) is 0 Å². The van der Waals surface area contributed by atoms with Crippen molar-refractivity contribution in [3.8, 4) is 11.6 Å². The van der Waals surface area contributed by atoms with Gasteiger partial charge in [-0.15, -0.1) is 0 Å². The van der Waals surface area contributed by atoms with Crippen LogP contribution >= 0.6 is 0 Å². The fourth-order valence-electron chi connectivity index (χ4n) is 2.50. The number of ether oxygens (including phenoxy) is 1. The Morgan fingerprint density at radius 3 is 2.52 bits per heavy atom. The Balaban J connectivity index is 2.02. The lowest BCUT2D eigenvalue weighted by Crippen LogP contribution is -2.05. The number of pyridine rings is 1. The lowest BCUT2D eigenvalue weighted by molar-refractivity contribution is 0.455. The van der Waals surface area contributed by atoms with Crippen LogP contribution in [0.1, 0.15) is 16.8 Å². The molecule has 3 rings (SSSR count). The molecule has 3 heteroatoms. The summed E-state index contributed by atoms with van der Waals surface area (Å²) < 4.78 is 5.98. The van der Waals surface area contributed by atoms with Crippen LogP contribution in [0.3, 0.4) is 0 Å². The molecule has 1 aromatic heterocycles. The molecule has 21 heavy (non-hydrogen) atoms. The summed E-state index contributed by atoms with van der Waals surface area (Å²) in [6, 6.07) is 16.3. The molecule has 2 N–H and O–H groups in total. The van der Waals surface area contributed by atoms with Crippen molar-refractivity contribution in [3.63, 3.8) is 0 Å². The first-order valence-corrected chi connectivity index (χ1v) is 7.01. The van der Waals surface area contributed by atoms with Crippen LogP contribution in [0, 0.1) is 13.8 Å². The molecule has 0 bridgehead atoms. The van der Waals surface area contributed by atoms with Gasteiger partial charge in [0.2, 0.25) is 5.88 Å². The van der Waals surface area contributed by atoms with Crippen molar-refractivity contribution in [1.82, 2.24) is 4.98 Å². The summed E-state index contributed by atoms with van der Waals surface area (Å²) in [7, 11) is 0. The highest BCUT2D eigenvalue weighted by Gasteiger charge is 2.10. The van der Waals surface area contributed by atoms with Crippen LogP contribution in [0.15, 0.2) is 48.5 Å². The minimum Gasteiger partial charge on any atom is -0.439 e. The van der Waals surface area contributed by atoms with E-state index < -0.39 is 0 Å². The van der Waals surface area contributed by atoms with Crippen LogP contribution in [0.4, 0.5) is 0 Å². The quantitative estimate of drug-likeness (QED) is 0.784. The number of hydrogen-bond donors (Lipinski definition) is 1. The lowest BCUT2D eigenvalue weighted by Gasteiger charge is -2.12. The normalized spacial score (nSPS) is 10.8. The van der Waals surface area contributed by atoms with Crippen LogP contribution < -0.4 is 10.5 Å². The monoisotopic (exact) mass is 278 g/mol.